The van der Waals surface area contributed by atoms with Crippen LogP contribution in [0.25, 0.3) is 0 Å². The molecule has 1 heteroatoms. The second-order valence-corrected chi connectivity index (χ2v) is 5.14. The predicted molar refractivity (Wildman–Crippen MR) is 75.8 cm³/mol. The third-order valence-electron chi connectivity index (χ3n) is 3.17. The minimum Gasteiger partial charge on any atom is -0.121 e. The van der Waals surface area contributed by atoms with Crippen LogP contribution in [0.15, 0.2) is 0 Å². The van der Waals surface area contributed by atoms with Gasteiger partial charge >= 0.3 is 0 Å². The van der Waals surface area contributed by atoms with Crippen molar-refractivity contribution in [2.45, 2.75) is 90.4 Å². The highest BCUT2D eigenvalue weighted by molar-refractivity contribution is 6.23. The zero-order valence-corrected chi connectivity index (χ0v) is 11.9. The molecule has 0 bridgehead atoms. The van der Waals surface area contributed by atoms with Crippen molar-refractivity contribution in [3.05, 3.63) is 5.88 Å². The average molecular weight is 246 g/mol. The van der Waals surface area contributed by atoms with Crippen molar-refractivity contribution in [1.82, 2.24) is 0 Å². The van der Waals surface area contributed by atoms with E-state index in [1.165, 1.54) is 77.0 Å². The number of halogens is 1. The van der Waals surface area contributed by atoms with Gasteiger partial charge in [-0.05, 0) is 6.42 Å². The van der Waals surface area contributed by atoms with Crippen LogP contribution in [0.1, 0.15) is 90.4 Å². The minimum atomic E-state index is 1.08. The minimum absolute atomic E-state index is 1.08. The van der Waals surface area contributed by atoms with Crippen LogP contribution in [0.4, 0.5) is 0 Å². The van der Waals surface area contributed by atoms with Crippen molar-refractivity contribution in [1.29, 1.82) is 0 Å². The van der Waals surface area contributed by atoms with Gasteiger partial charge in [-0.2, -0.15) is 0 Å². The zero-order chi connectivity index (χ0) is 11.9. The Hall–Kier alpha value is 0.290. The number of rotatable bonds is 13. The molecule has 0 heterocycles. The van der Waals surface area contributed by atoms with Crippen LogP contribution >= 0.6 is 11.6 Å². The van der Waals surface area contributed by atoms with E-state index < -0.39 is 0 Å². The Balaban J connectivity index is 2.83. The molecule has 0 aliphatic rings. The van der Waals surface area contributed by atoms with Crippen molar-refractivity contribution in [3.8, 4) is 0 Å². The summed E-state index contributed by atoms with van der Waals surface area (Å²) in [6.45, 7) is 2.28. The van der Waals surface area contributed by atoms with Gasteiger partial charge in [-0.25, -0.2) is 0 Å². The van der Waals surface area contributed by atoms with E-state index in [4.69, 9.17) is 11.6 Å². The molecule has 0 nitrogen and oxygen atoms in total. The van der Waals surface area contributed by atoms with Gasteiger partial charge in [0.15, 0.2) is 0 Å². The van der Waals surface area contributed by atoms with E-state index >= 15 is 0 Å². The summed E-state index contributed by atoms with van der Waals surface area (Å²) < 4.78 is 0. The van der Waals surface area contributed by atoms with E-state index in [1.54, 1.807) is 5.88 Å². The van der Waals surface area contributed by atoms with Crippen LogP contribution in [0, 0.1) is 5.88 Å². The van der Waals surface area contributed by atoms with Gasteiger partial charge in [0.2, 0.25) is 0 Å². The Labute approximate surface area is 108 Å². The van der Waals surface area contributed by atoms with E-state index in [1.807, 2.05) is 0 Å². The number of unbranched alkanes of at least 4 members (excludes halogenated alkanes) is 12. The van der Waals surface area contributed by atoms with E-state index in [0.717, 1.165) is 6.42 Å². The summed E-state index contributed by atoms with van der Waals surface area (Å²) in [4.78, 5) is 0. The Morgan fingerprint density at radius 2 is 1.00 bits per heavy atom. The molecule has 0 saturated heterocycles. The maximum absolute atomic E-state index is 5.51. The largest absolute Gasteiger partial charge is 0.121 e. The Bertz CT molecular complexity index is 98.0. The zero-order valence-electron chi connectivity index (χ0n) is 11.1. The summed E-state index contributed by atoms with van der Waals surface area (Å²) in [5, 5.41) is 0. The summed E-state index contributed by atoms with van der Waals surface area (Å²) in [6.07, 6.45) is 18.1. The number of hydrogen-bond donors (Lipinski definition) is 0. The highest BCUT2D eigenvalue weighted by Gasteiger charge is 1.93. The predicted octanol–water partition coefficient (Wildman–Crippen LogP) is 6.48. The molecule has 0 aromatic rings. The van der Waals surface area contributed by atoms with Gasteiger partial charge in [0.1, 0.15) is 0 Å². The quantitative estimate of drug-likeness (QED) is 0.326. The second kappa shape index (κ2) is 15.3. The molecule has 0 spiro atoms. The maximum atomic E-state index is 5.51. The molecule has 0 aromatic carbocycles. The normalized spacial score (nSPS) is 10.9. The van der Waals surface area contributed by atoms with Gasteiger partial charge in [0, 0.05) is 5.88 Å². The molecule has 0 fully saturated rings. The van der Waals surface area contributed by atoms with Gasteiger partial charge in [0.05, 0.1) is 0 Å². The lowest BCUT2D eigenvalue weighted by atomic mass is 10.1. The maximum Gasteiger partial charge on any atom is 0.0499 e. The van der Waals surface area contributed by atoms with Gasteiger partial charge in [-0.1, -0.05) is 84.0 Å². The van der Waals surface area contributed by atoms with Crippen LogP contribution in [0.5, 0.6) is 0 Å². The molecular formula is C15H30Cl. The fourth-order valence-electron chi connectivity index (χ4n) is 2.06. The Morgan fingerprint density at radius 3 is 1.38 bits per heavy atom. The standard InChI is InChI=1S/C15H30Cl/c1-2-3-4-5-6-7-8-9-10-11-12-13-14-15-16/h15H,2-14H2,1H3. The fourth-order valence-corrected chi connectivity index (χ4v) is 2.22. The van der Waals surface area contributed by atoms with Crippen LogP contribution < -0.4 is 0 Å². The Kier molecular flexibility index (Phi) is 15.6. The second-order valence-electron chi connectivity index (χ2n) is 4.83. The SMILES string of the molecule is CCCCCCCCCCCCCC[CH]Cl. The molecule has 0 aliphatic heterocycles. The van der Waals surface area contributed by atoms with E-state index in [0.29, 0.717) is 0 Å². The van der Waals surface area contributed by atoms with Crippen molar-refractivity contribution < 1.29 is 0 Å². The number of hydrogen-bond acceptors (Lipinski definition) is 0. The molecule has 0 aromatic heterocycles. The first-order valence-electron chi connectivity index (χ1n) is 7.33. The molecule has 0 rings (SSSR count). The molecule has 97 valence electrons. The van der Waals surface area contributed by atoms with Crippen molar-refractivity contribution in [2.75, 3.05) is 0 Å². The van der Waals surface area contributed by atoms with Crippen LogP contribution in [0.3, 0.4) is 0 Å². The third kappa shape index (κ3) is 14.3. The molecule has 16 heavy (non-hydrogen) atoms. The average Bonchev–Trinajstić information content (AvgIpc) is 2.31. The molecule has 0 N–H and O–H groups in total. The van der Waals surface area contributed by atoms with Crippen LogP contribution in [0.2, 0.25) is 0 Å². The van der Waals surface area contributed by atoms with E-state index in [2.05, 4.69) is 6.92 Å². The molecule has 0 amide bonds. The third-order valence-corrected chi connectivity index (χ3v) is 3.39. The molecule has 0 aliphatic carbocycles. The first-order valence-corrected chi connectivity index (χ1v) is 7.77. The van der Waals surface area contributed by atoms with E-state index in [-0.39, 0.29) is 0 Å². The lowest BCUT2D eigenvalue weighted by molar-refractivity contribution is 0.544. The fraction of sp³-hybridized carbons (Fsp3) is 0.933. The highest BCUT2D eigenvalue weighted by Crippen LogP contribution is 2.12. The van der Waals surface area contributed by atoms with Gasteiger partial charge < -0.3 is 0 Å². The molecular weight excluding hydrogens is 216 g/mol. The monoisotopic (exact) mass is 245 g/mol. The lowest BCUT2D eigenvalue weighted by Crippen LogP contribution is -1.82. The lowest BCUT2D eigenvalue weighted by Gasteiger charge is -2.02. The molecule has 0 atom stereocenters. The van der Waals surface area contributed by atoms with Gasteiger partial charge in [-0.15, -0.1) is 11.6 Å². The van der Waals surface area contributed by atoms with Gasteiger partial charge in [0.25, 0.3) is 0 Å². The molecule has 0 saturated carbocycles. The summed E-state index contributed by atoms with van der Waals surface area (Å²) in [7, 11) is 0. The van der Waals surface area contributed by atoms with Crippen molar-refractivity contribution in [2.24, 2.45) is 0 Å². The van der Waals surface area contributed by atoms with Crippen molar-refractivity contribution in [3.63, 3.8) is 0 Å². The Morgan fingerprint density at radius 1 is 0.625 bits per heavy atom. The van der Waals surface area contributed by atoms with Crippen LogP contribution in [-0.4, -0.2) is 0 Å². The summed E-state index contributed by atoms with van der Waals surface area (Å²) >= 11 is 5.51. The smallest absolute Gasteiger partial charge is 0.0499 e. The summed E-state index contributed by atoms with van der Waals surface area (Å²) in [5.41, 5.74) is 0. The van der Waals surface area contributed by atoms with Crippen molar-refractivity contribution >= 4 is 11.6 Å². The van der Waals surface area contributed by atoms with Gasteiger partial charge in [-0.3, -0.25) is 0 Å². The van der Waals surface area contributed by atoms with Crippen LogP contribution in [-0.2, 0) is 0 Å². The molecule has 1 radical (unpaired) electrons. The first-order chi connectivity index (χ1) is 7.91. The summed E-state index contributed by atoms with van der Waals surface area (Å²) in [6, 6.07) is 0. The summed E-state index contributed by atoms with van der Waals surface area (Å²) in [5.74, 6) is 1.76. The van der Waals surface area contributed by atoms with E-state index in [9.17, 15) is 0 Å². The highest BCUT2D eigenvalue weighted by atomic mass is 35.5. The molecule has 0 unspecified atom stereocenters. The first kappa shape index (κ1) is 16.3. The topological polar surface area (TPSA) is 0 Å².